The zero-order valence-corrected chi connectivity index (χ0v) is 17.1. The van der Waals surface area contributed by atoms with E-state index < -0.39 is 6.37 Å². The molecule has 5 rings (SSSR count). The third-order valence-corrected chi connectivity index (χ3v) is 6.46. The van der Waals surface area contributed by atoms with E-state index in [4.69, 9.17) is 7.73 Å². The number of hydrogen-bond donors (Lipinski definition) is 0. The Labute approximate surface area is 172 Å². The highest BCUT2D eigenvalue weighted by Gasteiger charge is 2.15. The van der Waals surface area contributed by atoms with E-state index in [9.17, 15) is 0 Å². The molecule has 0 saturated carbocycles. The Kier molecular flexibility index (Phi) is 3.66. The number of benzene rings is 3. The SMILES string of the molecule is [2H]C([2H])(c1cccc2c1sc1c(-c3cc(C)c4ccccc4c3)nccc12)C(C)C. The van der Waals surface area contributed by atoms with Crippen molar-refractivity contribution in [3.8, 4) is 11.3 Å². The van der Waals surface area contributed by atoms with Crippen LogP contribution in [0, 0.1) is 12.8 Å². The molecule has 0 aliphatic rings. The normalized spacial score (nSPS) is 13.4. The average molecular weight is 384 g/mol. The molecule has 0 radical (unpaired) electrons. The molecule has 2 heteroatoms. The quantitative estimate of drug-likeness (QED) is 0.310. The minimum atomic E-state index is -1.38. The molecule has 0 aliphatic carbocycles. The van der Waals surface area contributed by atoms with Crippen molar-refractivity contribution in [1.29, 1.82) is 0 Å². The lowest BCUT2D eigenvalue weighted by atomic mass is 9.98. The van der Waals surface area contributed by atoms with Crippen molar-refractivity contribution in [3.05, 3.63) is 78.0 Å². The maximum absolute atomic E-state index is 8.67. The monoisotopic (exact) mass is 383 g/mol. The Morgan fingerprint density at radius 3 is 2.57 bits per heavy atom. The number of hydrogen-bond acceptors (Lipinski definition) is 2. The van der Waals surface area contributed by atoms with Crippen LogP contribution >= 0.6 is 11.3 Å². The predicted molar refractivity (Wildman–Crippen MR) is 123 cm³/mol. The number of pyridine rings is 1. The molecule has 0 unspecified atom stereocenters. The first-order valence-corrected chi connectivity index (χ1v) is 10.5. The Bertz CT molecular complexity index is 1420. The minimum absolute atomic E-state index is 0.103. The summed E-state index contributed by atoms with van der Waals surface area (Å²) in [6.07, 6.45) is 0.492. The zero-order valence-electron chi connectivity index (χ0n) is 18.3. The van der Waals surface area contributed by atoms with Crippen LogP contribution in [0.15, 0.2) is 66.9 Å². The largest absolute Gasteiger partial charge is 0.255 e. The number of thiophene rings is 1. The van der Waals surface area contributed by atoms with Gasteiger partial charge in [-0.25, -0.2) is 0 Å². The van der Waals surface area contributed by atoms with Gasteiger partial charge in [0, 0.05) is 30.0 Å². The maximum Gasteiger partial charge on any atom is 0.0880 e. The van der Waals surface area contributed by atoms with Crippen LogP contribution in [0.2, 0.25) is 0 Å². The standard InChI is InChI=1S/C26H23NS/c1-16(2)13-19-8-6-10-22-23-11-12-27-24(26(23)28-25(19)22)20-14-17(3)21-9-5-4-7-18(21)15-20/h4-12,14-16H,13H2,1-3H3/i13D2. The molecule has 138 valence electrons. The Morgan fingerprint density at radius 1 is 0.929 bits per heavy atom. The van der Waals surface area contributed by atoms with Gasteiger partial charge in [-0.15, -0.1) is 11.3 Å². The van der Waals surface area contributed by atoms with Crippen LogP contribution in [-0.2, 0) is 6.37 Å². The summed E-state index contributed by atoms with van der Waals surface area (Å²) in [6.45, 7) is 6.03. The first kappa shape index (κ1) is 15.2. The molecular weight excluding hydrogens is 358 g/mol. The van der Waals surface area contributed by atoms with E-state index in [0.29, 0.717) is 0 Å². The highest BCUT2D eigenvalue weighted by molar-refractivity contribution is 7.26. The molecule has 0 bridgehead atoms. The number of rotatable bonds is 3. The van der Waals surface area contributed by atoms with Gasteiger partial charge in [0.2, 0.25) is 0 Å². The fourth-order valence-corrected chi connectivity index (χ4v) is 5.28. The molecule has 0 fully saturated rings. The van der Waals surface area contributed by atoms with Crippen LogP contribution < -0.4 is 0 Å². The van der Waals surface area contributed by atoms with E-state index >= 15 is 0 Å². The lowest BCUT2D eigenvalue weighted by Gasteiger charge is -2.08. The fourth-order valence-electron chi connectivity index (χ4n) is 3.99. The Hall–Kier alpha value is -2.71. The van der Waals surface area contributed by atoms with Gasteiger partial charge < -0.3 is 0 Å². The van der Waals surface area contributed by atoms with E-state index in [1.165, 1.54) is 16.3 Å². The fraction of sp³-hybridized carbons (Fsp3) is 0.192. The zero-order chi connectivity index (χ0) is 21.0. The van der Waals surface area contributed by atoms with Gasteiger partial charge in [0.15, 0.2) is 0 Å². The molecule has 0 saturated heterocycles. The Balaban J connectivity index is 1.82. The predicted octanol–water partition coefficient (Wildman–Crippen LogP) is 7.78. The van der Waals surface area contributed by atoms with Gasteiger partial charge in [-0.1, -0.05) is 56.3 Å². The van der Waals surface area contributed by atoms with Gasteiger partial charge >= 0.3 is 0 Å². The van der Waals surface area contributed by atoms with E-state index in [1.807, 2.05) is 32.2 Å². The highest BCUT2D eigenvalue weighted by atomic mass is 32.1. The summed E-state index contributed by atoms with van der Waals surface area (Å²) in [5.74, 6) is -0.103. The number of aromatic nitrogens is 1. The molecule has 5 aromatic rings. The van der Waals surface area contributed by atoms with Crippen molar-refractivity contribution >= 4 is 42.3 Å². The molecule has 28 heavy (non-hydrogen) atoms. The molecule has 2 heterocycles. The van der Waals surface area contributed by atoms with Gasteiger partial charge in [-0.05, 0) is 59.3 Å². The Morgan fingerprint density at radius 2 is 1.71 bits per heavy atom. The second kappa shape index (κ2) is 6.72. The summed E-state index contributed by atoms with van der Waals surface area (Å²) >= 11 is 1.66. The first-order chi connectivity index (χ1) is 14.4. The van der Waals surface area contributed by atoms with Gasteiger partial charge in [0.25, 0.3) is 0 Å². The molecule has 3 aromatic carbocycles. The number of aryl methyl sites for hydroxylation is 1. The number of fused-ring (bicyclic) bond motifs is 4. The molecule has 0 aliphatic heterocycles. The lowest BCUT2D eigenvalue weighted by Crippen LogP contribution is -1.93. The van der Waals surface area contributed by atoms with Gasteiger partial charge in [0.05, 0.1) is 10.4 Å². The lowest BCUT2D eigenvalue weighted by molar-refractivity contribution is 0.650. The molecule has 2 aromatic heterocycles. The van der Waals surface area contributed by atoms with Crippen molar-refractivity contribution in [1.82, 2.24) is 4.98 Å². The molecular formula is C26H23NS. The number of nitrogens with zero attached hydrogens (tertiary/aromatic N) is 1. The van der Waals surface area contributed by atoms with Crippen molar-refractivity contribution in [3.63, 3.8) is 0 Å². The topological polar surface area (TPSA) is 12.9 Å². The van der Waals surface area contributed by atoms with E-state index in [0.717, 1.165) is 37.0 Å². The molecule has 1 nitrogen and oxygen atoms in total. The third kappa shape index (κ3) is 2.80. The van der Waals surface area contributed by atoms with Crippen molar-refractivity contribution in [2.75, 3.05) is 0 Å². The summed E-state index contributed by atoms with van der Waals surface area (Å²) in [5.41, 5.74) is 4.09. The molecule has 0 spiro atoms. The van der Waals surface area contributed by atoms with Crippen LogP contribution in [0.25, 0.3) is 42.2 Å². The summed E-state index contributed by atoms with van der Waals surface area (Å²) in [7, 11) is 0. The highest BCUT2D eigenvalue weighted by Crippen LogP contribution is 2.41. The van der Waals surface area contributed by atoms with Crippen LogP contribution in [0.5, 0.6) is 0 Å². The van der Waals surface area contributed by atoms with E-state index in [1.54, 1.807) is 11.3 Å². The second-order valence-corrected chi connectivity index (χ2v) is 8.65. The van der Waals surface area contributed by atoms with Gasteiger partial charge in [-0.3, -0.25) is 4.98 Å². The van der Waals surface area contributed by atoms with E-state index in [-0.39, 0.29) is 5.92 Å². The molecule has 0 amide bonds. The van der Waals surface area contributed by atoms with Gasteiger partial charge in [0.1, 0.15) is 0 Å². The smallest absolute Gasteiger partial charge is 0.0880 e. The van der Waals surface area contributed by atoms with Crippen molar-refractivity contribution < 1.29 is 2.74 Å². The minimum Gasteiger partial charge on any atom is -0.255 e. The van der Waals surface area contributed by atoms with Crippen molar-refractivity contribution in [2.45, 2.75) is 27.1 Å². The van der Waals surface area contributed by atoms with Crippen LogP contribution in [-0.4, -0.2) is 4.98 Å². The van der Waals surface area contributed by atoms with Crippen LogP contribution in [0.4, 0.5) is 0 Å². The first-order valence-electron chi connectivity index (χ1n) is 10.7. The van der Waals surface area contributed by atoms with Crippen molar-refractivity contribution in [2.24, 2.45) is 5.92 Å². The summed E-state index contributed by atoms with van der Waals surface area (Å²) in [4.78, 5) is 4.76. The van der Waals surface area contributed by atoms with Crippen LogP contribution in [0.3, 0.4) is 0 Å². The molecule has 0 N–H and O–H groups in total. The molecule has 0 atom stereocenters. The third-order valence-electron chi connectivity index (χ3n) is 5.20. The maximum atomic E-state index is 8.67. The van der Waals surface area contributed by atoms with Gasteiger partial charge in [-0.2, -0.15) is 0 Å². The summed E-state index contributed by atoms with van der Waals surface area (Å²) in [5, 5.41) is 4.73. The average Bonchev–Trinajstić information content (AvgIpc) is 3.12. The summed E-state index contributed by atoms with van der Waals surface area (Å²) < 4.78 is 19.5. The van der Waals surface area contributed by atoms with Crippen LogP contribution in [0.1, 0.15) is 27.7 Å². The van der Waals surface area contributed by atoms with E-state index in [2.05, 4.69) is 55.5 Å². The second-order valence-electron chi connectivity index (χ2n) is 7.63. The summed E-state index contributed by atoms with van der Waals surface area (Å²) in [6, 6.07) is 20.9.